The lowest BCUT2D eigenvalue weighted by Gasteiger charge is -2.03. The number of hydrogen-bond donors (Lipinski definition) is 0. The van der Waals surface area contributed by atoms with Crippen LogP contribution in [-0.2, 0) is 0 Å². The van der Waals surface area contributed by atoms with Crippen molar-refractivity contribution in [2.75, 3.05) is 6.26 Å². The molecule has 1 aromatic carbocycles. The van der Waals surface area contributed by atoms with E-state index in [0.717, 1.165) is 10.5 Å². The molecular formula is C11H12OS. The Hall–Kier alpha value is -1.02. The highest BCUT2D eigenvalue weighted by molar-refractivity contribution is 7.98. The summed E-state index contributed by atoms with van der Waals surface area (Å²) in [5, 5.41) is 0. The Labute approximate surface area is 82.9 Å². The standard InChI is InChI=1S/C11H12OS/c1-3-6-10(12)9-7-4-5-8-11(9)13-2/h3-5,7-8H,1,6H2,2H3. The summed E-state index contributed by atoms with van der Waals surface area (Å²) in [6, 6.07) is 7.64. The van der Waals surface area contributed by atoms with Crippen molar-refractivity contribution in [2.45, 2.75) is 11.3 Å². The molecular weight excluding hydrogens is 180 g/mol. The first-order valence-corrected chi connectivity index (χ1v) is 5.29. The zero-order valence-corrected chi connectivity index (χ0v) is 8.43. The van der Waals surface area contributed by atoms with E-state index in [4.69, 9.17) is 0 Å². The van der Waals surface area contributed by atoms with Crippen LogP contribution in [0.5, 0.6) is 0 Å². The van der Waals surface area contributed by atoms with Crippen LogP contribution in [0.2, 0.25) is 0 Å². The van der Waals surface area contributed by atoms with Crippen LogP contribution >= 0.6 is 11.8 Å². The van der Waals surface area contributed by atoms with Gasteiger partial charge in [-0.15, -0.1) is 18.3 Å². The van der Waals surface area contributed by atoms with Gasteiger partial charge >= 0.3 is 0 Å². The highest BCUT2D eigenvalue weighted by Crippen LogP contribution is 2.20. The van der Waals surface area contributed by atoms with Crippen molar-refractivity contribution in [3.63, 3.8) is 0 Å². The molecule has 0 fully saturated rings. The fourth-order valence-electron chi connectivity index (χ4n) is 1.12. The van der Waals surface area contributed by atoms with Gasteiger partial charge in [0.1, 0.15) is 0 Å². The Morgan fingerprint density at radius 1 is 1.54 bits per heavy atom. The minimum Gasteiger partial charge on any atom is -0.294 e. The third-order valence-electron chi connectivity index (χ3n) is 1.74. The predicted octanol–water partition coefficient (Wildman–Crippen LogP) is 3.17. The number of allylic oxidation sites excluding steroid dienone is 1. The van der Waals surface area contributed by atoms with Gasteiger partial charge in [-0.05, 0) is 12.3 Å². The second kappa shape index (κ2) is 4.87. The van der Waals surface area contributed by atoms with Gasteiger partial charge in [0.05, 0.1) is 0 Å². The molecule has 0 aromatic heterocycles. The smallest absolute Gasteiger partial charge is 0.167 e. The minimum atomic E-state index is 0.139. The molecule has 0 bridgehead atoms. The van der Waals surface area contributed by atoms with Crippen LogP contribution in [0.3, 0.4) is 0 Å². The summed E-state index contributed by atoms with van der Waals surface area (Å²) < 4.78 is 0. The molecule has 13 heavy (non-hydrogen) atoms. The fourth-order valence-corrected chi connectivity index (χ4v) is 1.73. The van der Waals surface area contributed by atoms with E-state index in [1.165, 1.54) is 0 Å². The zero-order valence-electron chi connectivity index (χ0n) is 7.62. The monoisotopic (exact) mass is 192 g/mol. The van der Waals surface area contributed by atoms with Crippen molar-refractivity contribution in [3.8, 4) is 0 Å². The molecule has 0 aliphatic rings. The summed E-state index contributed by atoms with van der Waals surface area (Å²) in [5.74, 6) is 0.139. The Morgan fingerprint density at radius 2 is 2.23 bits per heavy atom. The molecule has 2 heteroatoms. The van der Waals surface area contributed by atoms with Crippen molar-refractivity contribution in [1.29, 1.82) is 0 Å². The average molecular weight is 192 g/mol. The molecule has 0 atom stereocenters. The van der Waals surface area contributed by atoms with Crippen molar-refractivity contribution in [3.05, 3.63) is 42.5 Å². The summed E-state index contributed by atoms with van der Waals surface area (Å²) in [6.07, 6.45) is 4.02. The van der Waals surface area contributed by atoms with E-state index >= 15 is 0 Å². The van der Waals surface area contributed by atoms with Gasteiger partial charge in [-0.2, -0.15) is 0 Å². The maximum atomic E-state index is 11.5. The summed E-state index contributed by atoms with van der Waals surface area (Å²) in [4.78, 5) is 12.6. The van der Waals surface area contributed by atoms with Crippen LogP contribution in [0.15, 0.2) is 41.8 Å². The van der Waals surface area contributed by atoms with Crippen LogP contribution in [0, 0.1) is 0 Å². The van der Waals surface area contributed by atoms with Gasteiger partial charge in [0.2, 0.25) is 0 Å². The second-order valence-corrected chi connectivity index (χ2v) is 3.46. The third kappa shape index (κ3) is 2.46. The van der Waals surface area contributed by atoms with Crippen molar-refractivity contribution in [1.82, 2.24) is 0 Å². The number of thioether (sulfide) groups is 1. The Balaban J connectivity index is 2.98. The molecule has 1 aromatic rings. The topological polar surface area (TPSA) is 17.1 Å². The molecule has 1 nitrogen and oxygen atoms in total. The van der Waals surface area contributed by atoms with Crippen molar-refractivity contribution < 1.29 is 4.79 Å². The maximum Gasteiger partial charge on any atom is 0.167 e. The molecule has 0 amide bonds. The number of rotatable bonds is 4. The van der Waals surface area contributed by atoms with E-state index in [0.29, 0.717) is 6.42 Å². The lowest BCUT2D eigenvalue weighted by molar-refractivity contribution is 0.0993. The first kappa shape index (κ1) is 10.1. The normalized spacial score (nSPS) is 9.62. The molecule has 0 aliphatic heterocycles. The number of Topliss-reactive ketones (excluding diaryl/α,β-unsaturated/α-hetero) is 1. The van der Waals surface area contributed by atoms with Gasteiger partial charge in [0, 0.05) is 16.9 Å². The van der Waals surface area contributed by atoms with E-state index in [2.05, 4.69) is 6.58 Å². The number of benzene rings is 1. The molecule has 0 radical (unpaired) electrons. The Morgan fingerprint density at radius 3 is 2.85 bits per heavy atom. The summed E-state index contributed by atoms with van der Waals surface area (Å²) in [5.41, 5.74) is 0.801. The largest absolute Gasteiger partial charge is 0.294 e. The molecule has 0 saturated carbocycles. The van der Waals surface area contributed by atoms with Gasteiger partial charge in [-0.25, -0.2) is 0 Å². The zero-order chi connectivity index (χ0) is 9.68. The van der Waals surface area contributed by atoms with Crippen molar-refractivity contribution >= 4 is 17.5 Å². The van der Waals surface area contributed by atoms with Gasteiger partial charge in [-0.1, -0.05) is 24.3 Å². The number of ketones is 1. The van der Waals surface area contributed by atoms with Gasteiger partial charge in [0.25, 0.3) is 0 Å². The Bertz CT molecular complexity index is 318. The lowest BCUT2D eigenvalue weighted by Crippen LogP contribution is -1.98. The van der Waals surface area contributed by atoms with E-state index in [1.807, 2.05) is 30.5 Å². The van der Waals surface area contributed by atoms with Crippen molar-refractivity contribution in [2.24, 2.45) is 0 Å². The first-order valence-electron chi connectivity index (χ1n) is 4.06. The second-order valence-electron chi connectivity index (χ2n) is 2.62. The molecule has 1 rings (SSSR count). The number of carbonyl (C=O) groups excluding carboxylic acids is 1. The SMILES string of the molecule is C=CCC(=O)c1ccccc1SC. The molecule has 68 valence electrons. The average Bonchev–Trinajstić information content (AvgIpc) is 2.18. The summed E-state index contributed by atoms with van der Waals surface area (Å²) >= 11 is 1.59. The van der Waals surface area contributed by atoms with Gasteiger partial charge in [0.15, 0.2) is 5.78 Å². The van der Waals surface area contributed by atoms with Crippen LogP contribution in [0.25, 0.3) is 0 Å². The number of carbonyl (C=O) groups is 1. The molecule has 0 N–H and O–H groups in total. The predicted molar refractivity (Wildman–Crippen MR) is 57.4 cm³/mol. The van der Waals surface area contributed by atoms with Crippen LogP contribution in [-0.4, -0.2) is 12.0 Å². The minimum absolute atomic E-state index is 0.139. The highest BCUT2D eigenvalue weighted by Gasteiger charge is 2.07. The van der Waals surface area contributed by atoms with E-state index in [-0.39, 0.29) is 5.78 Å². The Kier molecular flexibility index (Phi) is 3.77. The molecule has 0 heterocycles. The summed E-state index contributed by atoms with van der Waals surface area (Å²) in [6.45, 7) is 3.55. The molecule has 0 saturated heterocycles. The molecule has 0 spiro atoms. The molecule has 0 aliphatic carbocycles. The lowest BCUT2D eigenvalue weighted by atomic mass is 10.1. The number of hydrogen-bond acceptors (Lipinski definition) is 2. The quantitative estimate of drug-likeness (QED) is 0.414. The molecule has 0 unspecified atom stereocenters. The van der Waals surface area contributed by atoms with Crippen LogP contribution < -0.4 is 0 Å². The third-order valence-corrected chi connectivity index (χ3v) is 2.53. The fraction of sp³-hybridized carbons (Fsp3) is 0.182. The van der Waals surface area contributed by atoms with E-state index < -0.39 is 0 Å². The van der Waals surface area contributed by atoms with Gasteiger partial charge in [-0.3, -0.25) is 4.79 Å². The summed E-state index contributed by atoms with van der Waals surface area (Å²) in [7, 11) is 0. The van der Waals surface area contributed by atoms with Gasteiger partial charge < -0.3 is 0 Å². The van der Waals surface area contributed by atoms with E-state index in [1.54, 1.807) is 17.8 Å². The van der Waals surface area contributed by atoms with Crippen LogP contribution in [0.1, 0.15) is 16.8 Å². The highest BCUT2D eigenvalue weighted by atomic mass is 32.2. The van der Waals surface area contributed by atoms with E-state index in [9.17, 15) is 4.79 Å². The first-order chi connectivity index (χ1) is 6.29. The maximum absolute atomic E-state index is 11.5. The van der Waals surface area contributed by atoms with Crippen LogP contribution in [0.4, 0.5) is 0 Å².